The number of nitrogens with one attached hydrogen (secondary N) is 3. The fourth-order valence-electron chi connectivity index (χ4n) is 4.06. The second-order valence-electron chi connectivity index (χ2n) is 10.1. The number of β-amino-alcohol motifs (C(OH)–C–C–N with tert-alkyl or cyclic N) is 1. The Labute approximate surface area is 240 Å². The van der Waals surface area contributed by atoms with Gasteiger partial charge < -0.3 is 52.4 Å². The lowest BCUT2D eigenvalue weighted by atomic mass is 9.97. The molecular weight excluding hydrogens is 553 g/mol. The van der Waals surface area contributed by atoms with Crippen molar-refractivity contribution < 1.29 is 34.4 Å². The van der Waals surface area contributed by atoms with Gasteiger partial charge in [-0.25, -0.2) is 4.98 Å². The van der Waals surface area contributed by atoms with Crippen molar-refractivity contribution in [3.63, 3.8) is 0 Å². The number of methoxy groups -OCH3 is 1. The Morgan fingerprint density at radius 3 is 2.54 bits per heavy atom. The van der Waals surface area contributed by atoms with Gasteiger partial charge in [-0.2, -0.15) is 0 Å². The Kier molecular flexibility index (Phi) is 8.30. The highest BCUT2D eigenvalue weighted by molar-refractivity contribution is 7.17. The molecule has 14 nitrogen and oxygen atoms in total. The Morgan fingerprint density at radius 1 is 1.27 bits per heavy atom. The van der Waals surface area contributed by atoms with E-state index in [1.807, 2.05) is 0 Å². The minimum absolute atomic E-state index is 0.129. The summed E-state index contributed by atoms with van der Waals surface area (Å²) >= 11 is 1.13. The third-order valence-corrected chi connectivity index (χ3v) is 7.15. The number of rotatable bonds is 10. The van der Waals surface area contributed by atoms with Gasteiger partial charge in [-0.05, 0) is 31.9 Å². The molecule has 16 heteroatoms. The first kappa shape index (κ1) is 29.9. The van der Waals surface area contributed by atoms with Crippen LogP contribution in [0.1, 0.15) is 29.4 Å². The lowest BCUT2D eigenvalue weighted by Gasteiger charge is -2.43. The molecule has 1 aliphatic heterocycles. The average Bonchev–Trinajstić information content (AvgIpc) is 3.61. The van der Waals surface area contributed by atoms with Crippen molar-refractivity contribution in [1.82, 2.24) is 20.5 Å². The molecule has 0 atom stereocenters. The van der Waals surface area contributed by atoms with Crippen LogP contribution in [0.2, 0.25) is 0 Å². The van der Waals surface area contributed by atoms with Gasteiger partial charge in [0.05, 0.1) is 48.9 Å². The average molecular weight is 583 g/mol. The summed E-state index contributed by atoms with van der Waals surface area (Å²) in [5.41, 5.74) is 11.2. The third kappa shape index (κ3) is 7.35. The lowest BCUT2D eigenvalue weighted by Crippen LogP contribution is -2.61. The number of hydrogen-bond acceptors (Lipinski definition) is 12. The number of ether oxygens (including phenoxy) is 1. The van der Waals surface area contributed by atoms with Crippen LogP contribution in [0, 0.1) is 5.92 Å². The van der Waals surface area contributed by atoms with Gasteiger partial charge in [0, 0.05) is 12.0 Å². The molecule has 10 N–H and O–H groups in total. The summed E-state index contributed by atoms with van der Waals surface area (Å²) in [5.74, 6) is -4.75. The van der Waals surface area contributed by atoms with Crippen molar-refractivity contribution in [1.29, 1.82) is 0 Å². The predicted molar refractivity (Wildman–Crippen MR) is 150 cm³/mol. The van der Waals surface area contributed by atoms with Crippen LogP contribution in [0.3, 0.4) is 0 Å². The summed E-state index contributed by atoms with van der Waals surface area (Å²) in [6.45, 7) is 2.10. The molecule has 216 valence electrons. The van der Waals surface area contributed by atoms with Gasteiger partial charge >= 0.3 is 0 Å². The zero-order valence-corrected chi connectivity index (χ0v) is 23.1. The van der Waals surface area contributed by atoms with Gasteiger partial charge in [0.2, 0.25) is 5.91 Å². The Balaban J connectivity index is 1.65. The van der Waals surface area contributed by atoms with E-state index >= 15 is 0 Å². The molecule has 1 aliphatic carbocycles. The van der Waals surface area contributed by atoms with Gasteiger partial charge in [0.1, 0.15) is 21.4 Å². The summed E-state index contributed by atoms with van der Waals surface area (Å²) in [4.78, 5) is 43.8. The molecule has 41 heavy (non-hydrogen) atoms. The standard InChI is InChI=1S/C25H30BN7O7S/c1-24(37)10-33(11-24)23(36)16-9-29-22(41-16)13-4-3-5-14(19(13)40-2)30-15(18(28)21(35)32-25(26,38)39)8-17(27)31-20(34)12-6-7-12/h3-5,8-9,12,30,37-39H,6-7,10-11,27-28H2,1-2H3,(H,31,34)(H,32,35)/b17-8+,18-15+. The van der Waals surface area contributed by atoms with E-state index in [0.29, 0.717) is 21.1 Å². The predicted octanol–water partition coefficient (Wildman–Crippen LogP) is -1.19. The number of benzene rings is 1. The second-order valence-corrected chi connectivity index (χ2v) is 11.1. The molecule has 2 aromatic rings. The molecule has 0 bridgehead atoms. The topological polar surface area (TPSA) is 225 Å². The number of para-hydroxylation sites is 1. The van der Waals surface area contributed by atoms with Crippen molar-refractivity contribution >= 4 is 42.6 Å². The zero-order valence-electron chi connectivity index (χ0n) is 22.3. The number of carbonyl (C=O) groups is 3. The SMILES string of the molecule is [B]C(O)(O)NC(=O)/C(N)=C(/C=C(\N)NC(=O)C1CC1)Nc1cccc(-c2ncc(C(=O)N3CC(C)(O)C3)s2)c1OC. The molecule has 3 amide bonds. The van der Waals surface area contributed by atoms with E-state index in [4.69, 9.17) is 24.1 Å². The summed E-state index contributed by atoms with van der Waals surface area (Å²) in [7, 11) is 6.46. The number of thiazole rings is 1. The second kappa shape index (κ2) is 11.4. The maximum Gasteiger partial charge on any atom is 0.272 e. The van der Waals surface area contributed by atoms with Crippen LogP contribution in [0.5, 0.6) is 5.75 Å². The number of nitrogens with zero attached hydrogens (tertiary/aromatic N) is 2. The van der Waals surface area contributed by atoms with Crippen molar-refractivity contribution in [3.05, 3.63) is 52.6 Å². The highest BCUT2D eigenvalue weighted by Gasteiger charge is 2.40. The number of allylic oxidation sites excluding steroid dienone is 1. The first-order chi connectivity index (χ1) is 19.2. The number of nitrogens with two attached hydrogens (primary N) is 2. The molecule has 0 spiro atoms. The van der Waals surface area contributed by atoms with Gasteiger partial charge in [-0.15, -0.1) is 11.3 Å². The normalized spacial score (nSPS) is 17.2. The molecule has 4 rings (SSSR count). The summed E-state index contributed by atoms with van der Waals surface area (Å²) in [5, 5.41) is 36.3. The van der Waals surface area contributed by atoms with Crippen LogP contribution in [-0.4, -0.2) is 82.4 Å². The zero-order chi connectivity index (χ0) is 30.1. The maximum absolute atomic E-state index is 12.8. The van der Waals surface area contributed by atoms with E-state index in [2.05, 4.69) is 15.6 Å². The van der Waals surface area contributed by atoms with Crippen LogP contribution in [0.25, 0.3) is 10.6 Å². The molecule has 1 aromatic heterocycles. The summed E-state index contributed by atoms with van der Waals surface area (Å²) < 4.78 is 5.63. The molecule has 2 heterocycles. The van der Waals surface area contributed by atoms with Crippen LogP contribution in [-0.2, 0) is 9.59 Å². The molecular formula is C25H30BN7O7S. The van der Waals surface area contributed by atoms with Gasteiger partial charge in [0.15, 0.2) is 19.4 Å². The van der Waals surface area contributed by atoms with E-state index in [1.54, 1.807) is 30.4 Å². The van der Waals surface area contributed by atoms with E-state index < -0.39 is 23.0 Å². The quantitative estimate of drug-likeness (QED) is 0.0719. The molecule has 0 unspecified atom stereocenters. The monoisotopic (exact) mass is 583 g/mol. The van der Waals surface area contributed by atoms with Crippen LogP contribution in [0.4, 0.5) is 5.69 Å². The van der Waals surface area contributed by atoms with Crippen LogP contribution >= 0.6 is 11.3 Å². The van der Waals surface area contributed by atoms with Gasteiger partial charge in [-0.3, -0.25) is 14.4 Å². The van der Waals surface area contributed by atoms with Crippen LogP contribution < -0.4 is 32.2 Å². The molecule has 2 aliphatic rings. The summed E-state index contributed by atoms with van der Waals surface area (Å²) in [6, 6.07) is 4.98. The van der Waals surface area contributed by atoms with Crippen molar-refractivity contribution in [2.75, 3.05) is 25.5 Å². The number of hydrogen-bond donors (Lipinski definition) is 8. The third-order valence-electron chi connectivity index (χ3n) is 6.13. The molecule has 2 radical (unpaired) electrons. The lowest BCUT2D eigenvalue weighted by molar-refractivity contribution is -0.142. The van der Waals surface area contributed by atoms with E-state index in [1.165, 1.54) is 24.3 Å². The van der Waals surface area contributed by atoms with Gasteiger partial charge in [0.25, 0.3) is 11.8 Å². The number of carbonyl (C=O) groups excluding carboxylic acids is 3. The number of amides is 3. The Hall–Kier alpha value is -4.12. The van der Waals surface area contributed by atoms with Gasteiger partial charge in [-0.1, -0.05) is 6.07 Å². The first-order valence-electron chi connectivity index (χ1n) is 12.4. The minimum atomic E-state index is -3.05. The molecule has 1 saturated heterocycles. The fourth-order valence-corrected chi connectivity index (χ4v) is 4.97. The Bertz CT molecular complexity index is 1420. The van der Waals surface area contributed by atoms with E-state index in [-0.39, 0.29) is 48.1 Å². The van der Waals surface area contributed by atoms with E-state index in [9.17, 15) is 29.7 Å². The summed E-state index contributed by atoms with van der Waals surface area (Å²) in [6.07, 6.45) is 4.11. The number of anilines is 1. The van der Waals surface area contributed by atoms with E-state index in [0.717, 1.165) is 24.2 Å². The highest BCUT2D eigenvalue weighted by atomic mass is 32.1. The Morgan fingerprint density at radius 2 is 1.95 bits per heavy atom. The highest BCUT2D eigenvalue weighted by Crippen LogP contribution is 2.39. The largest absolute Gasteiger partial charge is 0.494 e. The van der Waals surface area contributed by atoms with Crippen molar-refractivity contribution in [2.45, 2.75) is 31.2 Å². The molecule has 1 aromatic carbocycles. The van der Waals surface area contributed by atoms with Crippen LogP contribution in [0.15, 0.2) is 47.7 Å². The smallest absolute Gasteiger partial charge is 0.272 e. The van der Waals surface area contributed by atoms with Crippen molar-refractivity contribution in [3.8, 4) is 16.3 Å². The number of likely N-dealkylation sites (tertiary alicyclic amines) is 1. The fraction of sp³-hybridized carbons (Fsp3) is 0.360. The number of aromatic nitrogens is 1. The minimum Gasteiger partial charge on any atom is -0.494 e. The number of aliphatic hydroxyl groups is 3. The maximum atomic E-state index is 12.8. The first-order valence-corrected chi connectivity index (χ1v) is 13.2. The molecule has 2 fully saturated rings. The molecule has 1 saturated carbocycles. The van der Waals surface area contributed by atoms with Crippen molar-refractivity contribution in [2.24, 2.45) is 17.4 Å².